The molecule has 2 fully saturated rings. The van der Waals surface area contributed by atoms with Crippen molar-refractivity contribution in [2.45, 2.75) is 18.5 Å². The summed E-state index contributed by atoms with van der Waals surface area (Å²) in [7, 11) is 0. The Balaban J connectivity index is 1.41. The molecular formula is C21H20N8. The van der Waals surface area contributed by atoms with Gasteiger partial charge in [-0.05, 0) is 24.6 Å². The molecule has 0 saturated carbocycles. The summed E-state index contributed by atoms with van der Waals surface area (Å²) >= 11 is 0. The predicted octanol–water partition coefficient (Wildman–Crippen LogP) is 2.50. The van der Waals surface area contributed by atoms with Crippen LogP contribution in [0.1, 0.15) is 6.42 Å². The Kier molecular flexibility index (Phi) is 3.70. The number of nitrogens with zero attached hydrogens (tertiary/aromatic N) is 6. The number of rotatable bonds is 4. The first-order valence-electron chi connectivity index (χ1n) is 9.81. The predicted molar refractivity (Wildman–Crippen MR) is 112 cm³/mol. The monoisotopic (exact) mass is 384 g/mol. The Morgan fingerprint density at radius 3 is 2.79 bits per heavy atom. The van der Waals surface area contributed by atoms with Crippen LogP contribution in [0.5, 0.6) is 0 Å². The first-order chi connectivity index (χ1) is 14.3. The maximum Gasteiger partial charge on any atom is 0.162 e. The Bertz CT molecular complexity index is 1170. The van der Waals surface area contributed by atoms with Crippen LogP contribution in [0.3, 0.4) is 0 Å². The molecule has 0 aliphatic carbocycles. The molecular weight excluding hydrogens is 364 g/mol. The van der Waals surface area contributed by atoms with Gasteiger partial charge >= 0.3 is 0 Å². The molecule has 2 saturated heterocycles. The van der Waals surface area contributed by atoms with Crippen LogP contribution in [0, 0.1) is 0 Å². The van der Waals surface area contributed by atoms with Crippen molar-refractivity contribution in [3.8, 4) is 5.69 Å². The largest absolute Gasteiger partial charge is 0.364 e. The third-order valence-electron chi connectivity index (χ3n) is 5.74. The van der Waals surface area contributed by atoms with Crippen molar-refractivity contribution < 1.29 is 0 Å². The van der Waals surface area contributed by atoms with Crippen molar-refractivity contribution in [1.82, 2.24) is 30.0 Å². The molecule has 8 heteroatoms. The molecule has 3 aromatic heterocycles. The number of pyridine rings is 1. The van der Waals surface area contributed by atoms with Crippen LogP contribution in [0.15, 0.2) is 61.3 Å². The van der Waals surface area contributed by atoms with Crippen molar-refractivity contribution in [3.63, 3.8) is 0 Å². The van der Waals surface area contributed by atoms with E-state index in [-0.39, 0.29) is 0 Å². The Hall–Kier alpha value is -3.52. The van der Waals surface area contributed by atoms with E-state index in [2.05, 4.69) is 48.7 Å². The fourth-order valence-electron chi connectivity index (χ4n) is 4.41. The van der Waals surface area contributed by atoms with Gasteiger partial charge in [0.25, 0.3) is 0 Å². The molecule has 29 heavy (non-hydrogen) atoms. The van der Waals surface area contributed by atoms with Crippen LogP contribution in [0.4, 0.5) is 17.3 Å². The lowest BCUT2D eigenvalue weighted by Gasteiger charge is -2.29. The third-order valence-corrected chi connectivity index (χ3v) is 5.74. The molecule has 6 rings (SSSR count). The van der Waals surface area contributed by atoms with Gasteiger partial charge in [-0.2, -0.15) is 0 Å². The maximum absolute atomic E-state index is 4.84. The van der Waals surface area contributed by atoms with E-state index in [1.807, 2.05) is 29.2 Å². The zero-order chi connectivity index (χ0) is 19.2. The second-order valence-electron chi connectivity index (χ2n) is 7.54. The van der Waals surface area contributed by atoms with E-state index in [0.29, 0.717) is 17.9 Å². The first-order valence-corrected chi connectivity index (χ1v) is 9.81. The van der Waals surface area contributed by atoms with Gasteiger partial charge in [0.1, 0.15) is 5.82 Å². The van der Waals surface area contributed by atoms with Gasteiger partial charge in [-0.1, -0.05) is 12.1 Å². The smallest absolute Gasteiger partial charge is 0.162 e. The second-order valence-corrected chi connectivity index (χ2v) is 7.54. The lowest BCUT2D eigenvalue weighted by Crippen LogP contribution is -2.43. The number of nitrogens with one attached hydrogen (secondary N) is 2. The van der Waals surface area contributed by atoms with E-state index in [4.69, 9.17) is 5.10 Å². The summed E-state index contributed by atoms with van der Waals surface area (Å²) in [5.41, 5.74) is 3.11. The molecule has 2 atom stereocenters. The van der Waals surface area contributed by atoms with Gasteiger partial charge in [-0.25, -0.2) is 9.67 Å². The standard InChI is InChI=1S/C21H20N8/c1-2-4-19-18(3-1)21(26-20-12-22-5-6-24-20)27-29(19)17-8-16(9-23-10-17)28-13-14-7-15(28)11-25-14/h1-6,8-10,12,14-15,25H,7,11,13H2,(H,24,26,27)/t14-,15-/m0/s1. The SMILES string of the molecule is c1ccc2c(c1)c(Nc1cnccn1)nn2-c1cncc(N2C[C@@H]3C[C@H]2CN3)c1. The molecule has 5 heterocycles. The molecule has 1 aromatic carbocycles. The highest BCUT2D eigenvalue weighted by molar-refractivity contribution is 5.92. The zero-order valence-electron chi connectivity index (χ0n) is 15.7. The summed E-state index contributed by atoms with van der Waals surface area (Å²) < 4.78 is 1.94. The summed E-state index contributed by atoms with van der Waals surface area (Å²) in [6.07, 6.45) is 10.0. The van der Waals surface area contributed by atoms with Crippen molar-refractivity contribution in [1.29, 1.82) is 0 Å². The molecule has 8 nitrogen and oxygen atoms in total. The van der Waals surface area contributed by atoms with Gasteiger partial charge in [0.05, 0.1) is 35.5 Å². The van der Waals surface area contributed by atoms with E-state index in [0.717, 1.165) is 41.2 Å². The highest BCUT2D eigenvalue weighted by Gasteiger charge is 2.37. The highest BCUT2D eigenvalue weighted by atomic mass is 15.3. The fourth-order valence-corrected chi connectivity index (χ4v) is 4.41. The number of aromatic nitrogens is 5. The molecule has 0 spiro atoms. The zero-order valence-corrected chi connectivity index (χ0v) is 15.7. The normalized spacial score (nSPS) is 20.5. The molecule has 2 aliphatic heterocycles. The Labute approximate surface area is 167 Å². The summed E-state index contributed by atoms with van der Waals surface area (Å²) in [5, 5.41) is 12.7. The average molecular weight is 384 g/mol. The van der Waals surface area contributed by atoms with E-state index in [1.165, 1.54) is 6.42 Å². The number of hydrogen-bond donors (Lipinski definition) is 2. The van der Waals surface area contributed by atoms with Crippen molar-refractivity contribution in [2.75, 3.05) is 23.3 Å². The van der Waals surface area contributed by atoms with Gasteiger partial charge < -0.3 is 15.5 Å². The summed E-state index contributed by atoms with van der Waals surface area (Å²) in [6, 6.07) is 11.5. The van der Waals surface area contributed by atoms with Crippen LogP contribution in [-0.2, 0) is 0 Å². The maximum atomic E-state index is 4.84. The van der Waals surface area contributed by atoms with Crippen LogP contribution >= 0.6 is 0 Å². The number of piperazine rings is 1. The fraction of sp³-hybridized carbons (Fsp3) is 0.238. The molecule has 2 bridgehead atoms. The Morgan fingerprint density at radius 2 is 1.97 bits per heavy atom. The van der Waals surface area contributed by atoms with Gasteiger partial charge in [0.2, 0.25) is 0 Å². The topological polar surface area (TPSA) is 83.8 Å². The highest BCUT2D eigenvalue weighted by Crippen LogP contribution is 2.32. The number of anilines is 3. The third kappa shape index (κ3) is 2.80. The van der Waals surface area contributed by atoms with Crippen molar-refractivity contribution >= 4 is 28.2 Å². The van der Waals surface area contributed by atoms with E-state index in [1.54, 1.807) is 18.6 Å². The first kappa shape index (κ1) is 16.4. The van der Waals surface area contributed by atoms with E-state index >= 15 is 0 Å². The molecule has 0 amide bonds. The number of fused-ring (bicyclic) bond motifs is 3. The average Bonchev–Trinajstić information content (AvgIpc) is 3.50. The number of benzene rings is 1. The van der Waals surface area contributed by atoms with Crippen LogP contribution in [0.2, 0.25) is 0 Å². The van der Waals surface area contributed by atoms with Crippen LogP contribution in [-0.4, -0.2) is 49.9 Å². The number of para-hydroxylation sites is 1. The van der Waals surface area contributed by atoms with Crippen molar-refractivity contribution in [2.24, 2.45) is 0 Å². The van der Waals surface area contributed by atoms with E-state index in [9.17, 15) is 0 Å². The number of hydrogen-bond acceptors (Lipinski definition) is 7. The van der Waals surface area contributed by atoms with Crippen LogP contribution < -0.4 is 15.5 Å². The minimum Gasteiger partial charge on any atom is -0.364 e. The van der Waals surface area contributed by atoms with Gasteiger partial charge in [-0.15, -0.1) is 5.10 Å². The van der Waals surface area contributed by atoms with Crippen LogP contribution in [0.25, 0.3) is 16.6 Å². The molecule has 2 aliphatic rings. The summed E-state index contributed by atoms with van der Waals surface area (Å²) in [6.45, 7) is 2.08. The van der Waals surface area contributed by atoms with Gasteiger partial charge in [-0.3, -0.25) is 9.97 Å². The van der Waals surface area contributed by atoms with Gasteiger partial charge in [0.15, 0.2) is 5.82 Å². The lowest BCUT2D eigenvalue weighted by molar-refractivity contribution is 0.579. The lowest BCUT2D eigenvalue weighted by atomic mass is 10.2. The molecule has 4 aromatic rings. The molecule has 0 radical (unpaired) electrons. The van der Waals surface area contributed by atoms with Gasteiger partial charge in [0, 0.05) is 43.0 Å². The van der Waals surface area contributed by atoms with E-state index < -0.39 is 0 Å². The quantitative estimate of drug-likeness (QED) is 0.559. The minimum absolute atomic E-state index is 0.556. The second kappa shape index (κ2) is 6.52. The molecule has 144 valence electrons. The molecule has 2 N–H and O–H groups in total. The Morgan fingerprint density at radius 1 is 1.03 bits per heavy atom. The summed E-state index contributed by atoms with van der Waals surface area (Å²) in [5.74, 6) is 1.41. The summed E-state index contributed by atoms with van der Waals surface area (Å²) in [4.78, 5) is 15.4. The minimum atomic E-state index is 0.556. The molecule has 0 unspecified atom stereocenters. The van der Waals surface area contributed by atoms with Crippen molar-refractivity contribution in [3.05, 3.63) is 61.3 Å².